The van der Waals surface area contributed by atoms with Crippen molar-refractivity contribution in [3.63, 3.8) is 0 Å². The number of carbonyl (C=O) groups excluding carboxylic acids is 1. The number of furan rings is 1. The topological polar surface area (TPSA) is 46.7 Å². The first-order chi connectivity index (χ1) is 14.4. The summed E-state index contributed by atoms with van der Waals surface area (Å²) >= 11 is 1.60. The number of likely N-dealkylation sites (tertiary alicyclic amines) is 1. The molecule has 1 amide bonds. The average molecular weight is 428 g/mol. The van der Waals surface area contributed by atoms with Crippen molar-refractivity contribution >= 4 is 22.2 Å². The van der Waals surface area contributed by atoms with Crippen LogP contribution in [0.5, 0.6) is 0 Å². The van der Waals surface area contributed by atoms with E-state index in [-0.39, 0.29) is 17.8 Å². The standard InChI is InChI=1S/C24H27FN2O2S/c1-15-10-12-27(13-11-15)22(18-6-8-19(25)9-7-18)21-16(2)17(3)30-24(21)26-23(28)20-5-4-14-29-20/h4-9,14-15,22H,10-13H2,1-3H3,(H,26,28)/p+1/t22-/m0/s1. The van der Waals surface area contributed by atoms with Gasteiger partial charge in [-0.15, -0.1) is 11.3 Å². The fourth-order valence-electron chi connectivity index (χ4n) is 4.34. The first-order valence-corrected chi connectivity index (χ1v) is 11.3. The fraction of sp³-hybridized carbons (Fsp3) is 0.375. The van der Waals surface area contributed by atoms with Crippen LogP contribution in [0.2, 0.25) is 0 Å². The first kappa shape index (κ1) is 20.8. The zero-order chi connectivity index (χ0) is 21.3. The van der Waals surface area contributed by atoms with Gasteiger partial charge in [0.05, 0.1) is 24.9 Å². The van der Waals surface area contributed by atoms with Crippen molar-refractivity contribution in [3.05, 3.63) is 75.8 Å². The molecule has 0 bridgehead atoms. The molecule has 3 aromatic rings. The first-order valence-electron chi connectivity index (χ1n) is 10.5. The third-order valence-corrected chi connectivity index (χ3v) is 7.36. The van der Waals surface area contributed by atoms with Crippen molar-refractivity contribution < 1.29 is 18.5 Å². The number of hydrogen-bond acceptors (Lipinski definition) is 3. The molecule has 1 atom stereocenters. The fourth-order valence-corrected chi connectivity index (χ4v) is 5.43. The molecule has 1 fully saturated rings. The summed E-state index contributed by atoms with van der Waals surface area (Å²) in [7, 11) is 0. The van der Waals surface area contributed by atoms with E-state index in [4.69, 9.17) is 4.42 Å². The lowest BCUT2D eigenvalue weighted by Crippen LogP contribution is -3.13. The highest BCUT2D eigenvalue weighted by Crippen LogP contribution is 2.39. The summed E-state index contributed by atoms with van der Waals surface area (Å²) in [5.41, 5.74) is 3.40. The van der Waals surface area contributed by atoms with Crippen LogP contribution in [0.1, 0.15) is 57.9 Å². The highest BCUT2D eigenvalue weighted by atomic mass is 32.1. The van der Waals surface area contributed by atoms with E-state index in [1.165, 1.54) is 46.6 Å². The van der Waals surface area contributed by atoms with Gasteiger partial charge in [-0.1, -0.05) is 6.92 Å². The van der Waals surface area contributed by atoms with Crippen LogP contribution >= 0.6 is 11.3 Å². The molecule has 0 saturated carbocycles. The van der Waals surface area contributed by atoms with Crippen LogP contribution < -0.4 is 10.2 Å². The molecule has 1 aliphatic rings. The molecule has 0 radical (unpaired) electrons. The molecule has 6 heteroatoms. The van der Waals surface area contributed by atoms with E-state index >= 15 is 0 Å². The second-order valence-electron chi connectivity index (χ2n) is 8.28. The van der Waals surface area contributed by atoms with Gasteiger partial charge in [0.25, 0.3) is 5.91 Å². The quantitative estimate of drug-likeness (QED) is 0.617. The lowest BCUT2D eigenvalue weighted by Gasteiger charge is -2.34. The molecule has 0 unspecified atom stereocenters. The Bertz CT molecular complexity index is 1000. The monoisotopic (exact) mass is 427 g/mol. The van der Waals surface area contributed by atoms with Crippen LogP contribution in [0, 0.1) is 25.6 Å². The Kier molecular flexibility index (Phi) is 6.06. The van der Waals surface area contributed by atoms with Crippen LogP contribution in [0.3, 0.4) is 0 Å². The zero-order valence-electron chi connectivity index (χ0n) is 17.6. The van der Waals surface area contributed by atoms with E-state index < -0.39 is 0 Å². The second kappa shape index (κ2) is 8.74. The summed E-state index contributed by atoms with van der Waals surface area (Å²) in [6.07, 6.45) is 3.84. The van der Waals surface area contributed by atoms with Gasteiger partial charge in [-0.25, -0.2) is 4.39 Å². The summed E-state index contributed by atoms with van der Waals surface area (Å²) in [5, 5.41) is 3.94. The number of piperidine rings is 1. The highest BCUT2D eigenvalue weighted by Gasteiger charge is 2.34. The molecule has 158 valence electrons. The van der Waals surface area contributed by atoms with Crippen molar-refractivity contribution in [2.75, 3.05) is 18.4 Å². The van der Waals surface area contributed by atoms with Gasteiger partial charge in [-0.3, -0.25) is 4.79 Å². The van der Waals surface area contributed by atoms with E-state index in [0.29, 0.717) is 5.76 Å². The van der Waals surface area contributed by atoms with Gasteiger partial charge in [0.15, 0.2) is 5.76 Å². The second-order valence-corrected chi connectivity index (χ2v) is 9.51. The van der Waals surface area contributed by atoms with E-state index in [1.807, 2.05) is 12.1 Å². The molecular weight excluding hydrogens is 399 g/mol. The molecule has 4 rings (SSSR count). The maximum atomic E-state index is 13.7. The van der Waals surface area contributed by atoms with E-state index in [0.717, 1.165) is 35.1 Å². The summed E-state index contributed by atoms with van der Waals surface area (Å²) in [4.78, 5) is 15.4. The minimum absolute atomic E-state index is 0.0509. The number of benzene rings is 1. The van der Waals surface area contributed by atoms with Crippen LogP contribution in [0.15, 0.2) is 47.1 Å². The number of amides is 1. The number of halogens is 1. The van der Waals surface area contributed by atoms with Gasteiger partial charge < -0.3 is 14.6 Å². The zero-order valence-corrected chi connectivity index (χ0v) is 18.4. The Morgan fingerprint density at radius 3 is 2.53 bits per heavy atom. The maximum absolute atomic E-state index is 13.7. The third-order valence-electron chi connectivity index (χ3n) is 6.22. The van der Waals surface area contributed by atoms with Gasteiger partial charge >= 0.3 is 0 Å². The number of quaternary nitrogens is 1. The molecule has 1 saturated heterocycles. The number of rotatable bonds is 5. The Morgan fingerprint density at radius 2 is 1.90 bits per heavy atom. The number of aryl methyl sites for hydroxylation is 1. The smallest absolute Gasteiger partial charge is 0.291 e. The van der Waals surface area contributed by atoms with Gasteiger partial charge in [0, 0.05) is 10.4 Å². The summed E-state index contributed by atoms with van der Waals surface area (Å²) < 4.78 is 18.9. The molecule has 1 aromatic carbocycles. The Balaban J connectivity index is 1.76. The number of nitrogens with one attached hydrogen (secondary N) is 2. The Hall–Kier alpha value is -2.44. The largest absolute Gasteiger partial charge is 0.459 e. The molecule has 30 heavy (non-hydrogen) atoms. The summed E-state index contributed by atoms with van der Waals surface area (Å²) in [6, 6.07) is 10.3. The summed E-state index contributed by atoms with van der Waals surface area (Å²) in [6.45, 7) is 8.62. The molecule has 1 aliphatic heterocycles. The minimum Gasteiger partial charge on any atom is -0.459 e. The normalized spacial score (nSPS) is 20.1. The van der Waals surface area contributed by atoms with E-state index in [9.17, 15) is 9.18 Å². The number of anilines is 1. The van der Waals surface area contributed by atoms with Crippen LogP contribution in [-0.2, 0) is 0 Å². The Morgan fingerprint density at radius 1 is 1.20 bits per heavy atom. The third kappa shape index (κ3) is 4.20. The number of carbonyl (C=O) groups is 1. The van der Waals surface area contributed by atoms with Crippen LogP contribution in [-0.4, -0.2) is 19.0 Å². The van der Waals surface area contributed by atoms with Gasteiger partial charge in [-0.2, -0.15) is 0 Å². The van der Waals surface area contributed by atoms with Gasteiger partial charge in [0.2, 0.25) is 0 Å². The van der Waals surface area contributed by atoms with E-state index in [2.05, 4.69) is 26.1 Å². The maximum Gasteiger partial charge on any atom is 0.291 e. The van der Waals surface area contributed by atoms with Crippen molar-refractivity contribution in [1.29, 1.82) is 0 Å². The molecule has 0 spiro atoms. The SMILES string of the molecule is Cc1sc(NC(=O)c2ccco2)c([C@H](c2ccc(F)cc2)[NH+]2CCC(C)CC2)c1C. The predicted octanol–water partition coefficient (Wildman–Crippen LogP) is 4.75. The molecule has 0 aliphatic carbocycles. The van der Waals surface area contributed by atoms with Crippen molar-refractivity contribution in [3.8, 4) is 0 Å². The molecule has 4 nitrogen and oxygen atoms in total. The number of thiophene rings is 1. The Labute approximate surface area is 180 Å². The van der Waals surface area contributed by atoms with Crippen molar-refractivity contribution in [1.82, 2.24) is 0 Å². The molecule has 2 N–H and O–H groups in total. The van der Waals surface area contributed by atoms with Gasteiger partial charge in [0.1, 0.15) is 16.9 Å². The van der Waals surface area contributed by atoms with Crippen LogP contribution in [0.25, 0.3) is 0 Å². The molecular formula is C24H28FN2O2S+. The lowest BCUT2D eigenvalue weighted by atomic mass is 9.91. The lowest BCUT2D eigenvalue weighted by molar-refractivity contribution is -0.931. The average Bonchev–Trinajstić information content (AvgIpc) is 3.36. The molecule has 2 aromatic heterocycles. The number of hydrogen-bond donors (Lipinski definition) is 2. The highest BCUT2D eigenvalue weighted by molar-refractivity contribution is 7.16. The minimum atomic E-state index is -0.248. The van der Waals surface area contributed by atoms with Gasteiger partial charge in [-0.05, 0) is 74.6 Å². The molecule has 3 heterocycles. The van der Waals surface area contributed by atoms with E-state index in [1.54, 1.807) is 23.5 Å². The van der Waals surface area contributed by atoms with Crippen molar-refractivity contribution in [2.24, 2.45) is 5.92 Å². The van der Waals surface area contributed by atoms with Crippen molar-refractivity contribution in [2.45, 2.75) is 39.7 Å². The van der Waals surface area contributed by atoms with Crippen LogP contribution in [0.4, 0.5) is 9.39 Å². The predicted molar refractivity (Wildman–Crippen MR) is 118 cm³/mol. The summed E-state index contributed by atoms with van der Waals surface area (Å²) in [5.74, 6) is 0.542.